The minimum Gasteiger partial charge on any atom is -0.495 e. The molecule has 254 valence electrons. The Morgan fingerprint density at radius 3 is 1.92 bits per heavy atom. The van der Waals surface area contributed by atoms with Crippen molar-refractivity contribution in [3.8, 4) is 34.0 Å². The van der Waals surface area contributed by atoms with Gasteiger partial charge in [0.05, 0.1) is 41.1 Å². The fraction of sp³-hybridized carbons (Fsp3) is 0.381. The molecule has 2 spiro atoms. The van der Waals surface area contributed by atoms with Gasteiger partial charge in [0.2, 0.25) is 0 Å². The summed E-state index contributed by atoms with van der Waals surface area (Å²) in [7, 11) is 1.64. The highest BCUT2D eigenvalue weighted by atomic mass is 32.2. The average molecular weight is 683 g/mol. The van der Waals surface area contributed by atoms with Gasteiger partial charge < -0.3 is 9.72 Å². The second-order valence-electron chi connectivity index (χ2n) is 14.8. The quantitative estimate of drug-likeness (QED) is 0.148. The molecule has 8 heteroatoms. The number of benzene rings is 3. The molecule has 2 fully saturated rings. The molecular formula is C42H42N4O3S. The molecule has 0 atom stereocenters. The number of hydrogen-bond donors (Lipinski definition) is 1. The third kappa shape index (κ3) is 5.01. The van der Waals surface area contributed by atoms with Gasteiger partial charge in [-0.05, 0) is 61.8 Å². The van der Waals surface area contributed by atoms with E-state index in [-0.39, 0.29) is 21.9 Å². The molecule has 0 aliphatic heterocycles. The van der Waals surface area contributed by atoms with E-state index in [1.54, 1.807) is 11.7 Å². The van der Waals surface area contributed by atoms with Crippen LogP contribution in [0.4, 0.5) is 0 Å². The zero-order valence-electron chi connectivity index (χ0n) is 28.6. The van der Waals surface area contributed by atoms with Crippen LogP contribution in [0, 0.1) is 0 Å². The van der Waals surface area contributed by atoms with Crippen LogP contribution in [-0.4, -0.2) is 26.6 Å². The van der Waals surface area contributed by atoms with Crippen LogP contribution in [0.25, 0.3) is 28.2 Å². The van der Waals surface area contributed by atoms with E-state index >= 15 is 4.79 Å². The molecule has 9 rings (SSSR count). The molecule has 0 bridgehead atoms. The van der Waals surface area contributed by atoms with E-state index in [0.717, 1.165) is 97.8 Å². The van der Waals surface area contributed by atoms with Gasteiger partial charge in [-0.3, -0.25) is 14.2 Å². The van der Waals surface area contributed by atoms with Crippen LogP contribution in [0.15, 0.2) is 87.5 Å². The SMILES string of the molecule is COc1ccccc1-n1c(SCc2nc3c(c(=O)[nH]2)C2(CCCCC2)Cc2ccccc2-3)nc2c(c1=O)C1(CCCCC1)Cc1ccccc1-2. The van der Waals surface area contributed by atoms with Gasteiger partial charge in [-0.1, -0.05) is 111 Å². The summed E-state index contributed by atoms with van der Waals surface area (Å²) in [6, 6.07) is 24.6. The first-order valence-electron chi connectivity index (χ1n) is 18.2. The number of nitrogens with one attached hydrogen (secondary N) is 1. The van der Waals surface area contributed by atoms with Gasteiger partial charge in [-0.25, -0.2) is 9.97 Å². The maximum Gasteiger partial charge on any atom is 0.263 e. The highest BCUT2D eigenvalue weighted by Crippen LogP contribution is 2.50. The van der Waals surface area contributed by atoms with Crippen molar-refractivity contribution in [3.05, 3.63) is 122 Å². The first-order chi connectivity index (χ1) is 24.5. The van der Waals surface area contributed by atoms with Crippen molar-refractivity contribution in [3.63, 3.8) is 0 Å². The topological polar surface area (TPSA) is 89.9 Å². The highest BCUT2D eigenvalue weighted by molar-refractivity contribution is 7.98. The van der Waals surface area contributed by atoms with Gasteiger partial charge in [0.1, 0.15) is 11.6 Å². The minimum atomic E-state index is -0.243. The molecular weight excluding hydrogens is 641 g/mol. The summed E-state index contributed by atoms with van der Waals surface area (Å²) in [5.41, 5.74) is 8.14. The van der Waals surface area contributed by atoms with Crippen LogP contribution in [0.3, 0.4) is 0 Å². The van der Waals surface area contributed by atoms with Crippen molar-refractivity contribution >= 4 is 11.8 Å². The van der Waals surface area contributed by atoms with Crippen molar-refractivity contribution in [1.82, 2.24) is 19.5 Å². The average Bonchev–Trinajstić information content (AvgIpc) is 3.14. The van der Waals surface area contributed by atoms with Gasteiger partial charge in [0, 0.05) is 22.0 Å². The predicted molar refractivity (Wildman–Crippen MR) is 199 cm³/mol. The molecule has 2 aromatic heterocycles. The normalized spacial score (nSPS) is 18.2. The highest BCUT2D eigenvalue weighted by Gasteiger charge is 2.45. The van der Waals surface area contributed by atoms with Gasteiger partial charge in [-0.15, -0.1) is 0 Å². The Balaban J connectivity index is 1.20. The summed E-state index contributed by atoms with van der Waals surface area (Å²) < 4.78 is 7.58. The molecule has 2 saturated carbocycles. The second kappa shape index (κ2) is 12.4. The summed E-state index contributed by atoms with van der Waals surface area (Å²) in [6.07, 6.45) is 12.6. The number of ether oxygens (including phenoxy) is 1. The summed E-state index contributed by atoms with van der Waals surface area (Å²) in [5.74, 6) is 1.55. The largest absolute Gasteiger partial charge is 0.495 e. The standard InChI is InChI=1S/C42H42N4O3S/c1-49-32-19-9-8-18-31(32)46-39(48)35-37(30-17-7-5-15-28(30)25-42(35)22-12-3-13-23-42)45-40(46)50-26-33-43-36-29-16-6-4-14-27(29)24-41(20-10-2-11-21-41)34(36)38(47)44-33/h4-9,14-19H,2-3,10-13,20-26H2,1H3,(H,43,44,47). The number of hydrogen-bond acceptors (Lipinski definition) is 6. The Morgan fingerprint density at radius 1 is 0.720 bits per heavy atom. The Kier molecular flexibility index (Phi) is 7.83. The third-order valence-corrected chi connectivity index (χ3v) is 12.9. The van der Waals surface area contributed by atoms with Gasteiger partial charge in [-0.2, -0.15) is 0 Å². The first-order valence-corrected chi connectivity index (χ1v) is 19.2. The van der Waals surface area contributed by atoms with E-state index < -0.39 is 0 Å². The first kappa shape index (κ1) is 31.5. The number of H-pyrrole nitrogens is 1. The lowest BCUT2D eigenvalue weighted by molar-refractivity contribution is 0.283. The van der Waals surface area contributed by atoms with Crippen LogP contribution in [0.1, 0.15) is 92.3 Å². The van der Waals surface area contributed by atoms with E-state index in [2.05, 4.69) is 41.4 Å². The summed E-state index contributed by atoms with van der Waals surface area (Å²) in [6.45, 7) is 0. The van der Waals surface area contributed by atoms with Crippen molar-refractivity contribution < 1.29 is 4.74 Å². The van der Waals surface area contributed by atoms with E-state index in [1.807, 2.05) is 36.4 Å². The number of fused-ring (bicyclic) bond motifs is 8. The van der Waals surface area contributed by atoms with Crippen molar-refractivity contribution in [1.29, 1.82) is 0 Å². The number of aromatic nitrogens is 4. The lowest BCUT2D eigenvalue weighted by Crippen LogP contribution is -2.43. The number of rotatable bonds is 5. The molecule has 0 unspecified atom stereocenters. The number of thioether (sulfide) groups is 1. The number of methoxy groups -OCH3 is 1. The lowest BCUT2D eigenvalue weighted by Gasteiger charge is -2.42. The Bertz CT molecular complexity index is 2240. The zero-order valence-corrected chi connectivity index (χ0v) is 29.4. The molecule has 4 aliphatic carbocycles. The van der Waals surface area contributed by atoms with E-state index in [1.165, 1.54) is 35.7 Å². The van der Waals surface area contributed by atoms with Crippen molar-refractivity contribution in [2.24, 2.45) is 0 Å². The molecule has 50 heavy (non-hydrogen) atoms. The van der Waals surface area contributed by atoms with E-state index in [0.29, 0.717) is 28.2 Å². The fourth-order valence-corrected chi connectivity index (χ4v) is 10.6. The Labute approximate surface area is 296 Å². The van der Waals surface area contributed by atoms with Gasteiger partial charge in [0.15, 0.2) is 5.16 Å². The molecule has 7 nitrogen and oxygen atoms in total. The summed E-state index contributed by atoms with van der Waals surface area (Å²) in [5, 5.41) is 0.561. The van der Waals surface area contributed by atoms with Crippen LogP contribution < -0.4 is 15.9 Å². The molecule has 4 aliphatic rings. The number of para-hydroxylation sites is 2. The Hall–Kier alpha value is -4.43. The van der Waals surface area contributed by atoms with Crippen LogP contribution in [0.2, 0.25) is 0 Å². The van der Waals surface area contributed by atoms with Gasteiger partial charge >= 0.3 is 0 Å². The van der Waals surface area contributed by atoms with E-state index in [4.69, 9.17) is 14.7 Å². The second-order valence-corrected chi connectivity index (χ2v) is 15.7. The minimum absolute atomic E-state index is 0.0292. The smallest absolute Gasteiger partial charge is 0.263 e. The van der Waals surface area contributed by atoms with Gasteiger partial charge in [0.25, 0.3) is 11.1 Å². The molecule has 2 heterocycles. The zero-order chi connectivity index (χ0) is 33.9. The molecule has 0 radical (unpaired) electrons. The van der Waals surface area contributed by atoms with Crippen LogP contribution >= 0.6 is 11.8 Å². The lowest BCUT2D eigenvalue weighted by atomic mass is 9.62. The molecule has 5 aromatic rings. The fourth-order valence-electron chi connectivity index (χ4n) is 9.73. The van der Waals surface area contributed by atoms with Crippen molar-refractivity contribution in [2.45, 2.75) is 98.8 Å². The predicted octanol–water partition coefficient (Wildman–Crippen LogP) is 8.47. The van der Waals surface area contributed by atoms with E-state index in [9.17, 15) is 4.79 Å². The molecule has 0 amide bonds. The number of nitrogens with zero attached hydrogens (tertiary/aromatic N) is 3. The Morgan fingerprint density at radius 2 is 1.28 bits per heavy atom. The third-order valence-electron chi connectivity index (χ3n) is 12.0. The van der Waals surface area contributed by atoms with Crippen molar-refractivity contribution in [2.75, 3.05) is 7.11 Å². The summed E-state index contributed by atoms with van der Waals surface area (Å²) >= 11 is 1.44. The molecule has 1 N–H and O–H groups in total. The molecule has 3 aromatic carbocycles. The maximum absolute atomic E-state index is 15.1. The number of aromatic amines is 1. The van der Waals surface area contributed by atoms with Crippen LogP contribution in [-0.2, 0) is 29.4 Å². The maximum atomic E-state index is 15.1. The molecule has 0 saturated heterocycles. The summed E-state index contributed by atoms with van der Waals surface area (Å²) in [4.78, 5) is 43.1. The monoisotopic (exact) mass is 682 g/mol. The van der Waals surface area contributed by atoms with Crippen LogP contribution in [0.5, 0.6) is 5.75 Å².